The molecule has 0 unspecified atom stereocenters. The fourth-order valence-electron chi connectivity index (χ4n) is 3.09. The molecule has 3 heterocycles. The van der Waals surface area contributed by atoms with E-state index in [-0.39, 0.29) is 27.7 Å². The highest BCUT2D eigenvalue weighted by atomic mass is 32.2. The summed E-state index contributed by atoms with van der Waals surface area (Å²) in [6, 6.07) is 7.87. The summed E-state index contributed by atoms with van der Waals surface area (Å²) in [5, 5.41) is 15.0. The zero-order valence-electron chi connectivity index (χ0n) is 14.8. The van der Waals surface area contributed by atoms with E-state index in [2.05, 4.69) is 30.9 Å². The lowest BCUT2D eigenvalue weighted by Gasteiger charge is -2.14. The van der Waals surface area contributed by atoms with Crippen LogP contribution in [0, 0.1) is 0 Å². The first-order valence-electron chi connectivity index (χ1n) is 8.67. The first-order chi connectivity index (χ1) is 13.4. The molecule has 0 amide bonds. The number of aromatic amines is 1. The highest BCUT2D eigenvalue weighted by molar-refractivity contribution is 7.89. The summed E-state index contributed by atoms with van der Waals surface area (Å²) in [5.74, 6) is 0.656. The highest BCUT2D eigenvalue weighted by Crippen LogP contribution is 2.24. The predicted octanol–water partition coefficient (Wildman–Crippen LogP) is 0.483. The zero-order chi connectivity index (χ0) is 19.7. The Morgan fingerprint density at radius 1 is 1.21 bits per heavy atom. The second kappa shape index (κ2) is 7.19. The average Bonchev–Trinajstić information content (AvgIpc) is 3.14. The van der Waals surface area contributed by atoms with Gasteiger partial charge in [0.05, 0.1) is 10.4 Å². The normalized spacial score (nSPS) is 17.0. The molecule has 1 fully saturated rings. The zero-order valence-corrected chi connectivity index (χ0v) is 15.6. The van der Waals surface area contributed by atoms with Crippen molar-refractivity contribution >= 4 is 38.4 Å². The number of hydrogen-bond acceptors (Lipinski definition) is 8. The Labute approximate surface area is 160 Å². The van der Waals surface area contributed by atoms with Gasteiger partial charge in [0.15, 0.2) is 0 Å². The van der Waals surface area contributed by atoms with E-state index < -0.39 is 10.0 Å². The molecule has 28 heavy (non-hydrogen) atoms. The Balaban J connectivity index is 1.77. The van der Waals surface area contributed by atoms with Crippen LogP contribution in [0.3, 0.4) is 0 Å². The summed E-state index contributed by atoms with van der Waals surface area (Å²) in [4.78, 5) is 23.8. The summed E-state index contributed by atoms with van der Waals surface area (Å²) < 4.78 is 23.2. The average molecular weight is 401 g/mol. The summed E-state index contributed by atoms with van der Waals surface area (Å²) >= 11 is 0. The molecule has 2 aromatic heterocycles. The number of aromatic nitrogens is 3. The van der Waals surface area contributed by atoms with Gasteiger partial charge >= 0.3 is 0 Å². The molecule has 1 aliphatic heterocycles. The van der Waals surface area contributed by atoms with Crippen molar-refractivity contribution in [2.45, 2.75) is 17.4 Å². The van der Waals surface area contributed by atoms with Crippen LogP contribution in [-0.2, 0) is 10.0 Å². The molecule has 146 valence electrons. The summed E-state index contributed by atoms with van der Waals surface area (Å²) in [6.45, 7) is 1.71. The third kappa shape index (κ3) is 3.81. The van der Waals surface area contributed by atoms with Crippen LogP contribution >= 0.6 is 0 Å². The number of sulfonamides is 1. The SMILES string of the molecule is NS(=O)(=O)c1cccc(Nc2nc(N[C@@H]3CCNC3)nc3cc[nH]c(=O)c23)c1. The van der Waals surface area contributed by atoms with E-state index in [1.807, 2.05) is 0 Å². The van der Waals surface area contributed by atoms with Gasteiger partial charge in [-0.3, -0.25) is 4.79 Å². The molecule has 10 nitrogen and oxygen atoms in total. The summed E-state index contributed by atoms with van der Waals surface area (Å²) in [6.07, 6.45) is 2.46. The Kier molecular flexibility index (Phi) is 4.71. The third-order valence-corrected chi connectivity index (χ3v) is 5.35. The van der Waals surface area contributed by atoms with Gasteiger partial charge in [-0.05, 0) is 37.2 Å². The molecule has 1 saturated heterocycles. The van der Waals surface area contributed by atoms with E-state index in [9.17, 15) is 13.2 Å². The van der Waals surface area contributed by atoms with Gasteiger partial charge in [0.1, 0.15) is 11.2 Å². The number of nitrogens with zero attached hydrogens (tertiary/aromatic N) is 2. The number of benzene rings is 1. The maximum absolute atomic E-state index is 12.3. The predicted molar refractivity (Wildman–Crippen MR) is 106 cm³/mol. The lowest BCUT2D eigenvalue weighted by Crippen LogP contribution is -2.24. The standard InChI is InChI=1S/C17H19N7O3S/c18-28(26,27)12-3-1-2-10(8-12)21-15-14-13(5-7-20-16(14)25)23-17(24-15)22-11-4-6-19-9-11/h1-3,5,7-8,11,19H,4,6,9H2,(H,20,25)(H2,18,26,27)(H2,21,22,23,24)/t11-/m1/s1. The molecule has 3 aromatic rings. The van der Waals surface area contributed by atoms with E-state index in [1.54, 1.807) is 18.2 Å². The molecule has 0 bridgehead atoms. The number of primary sulfonamides is 1. The van der Waals surface area contributed by atoms with Crippen molar-refractivity contribution in [1.29, 1.82) is 0 Å². The molecular weight excluding hydrogens is 382 g/mol. The Morgan fingerprint density at radius 2 is 2.07 bits per heavy atom. The van der Waals surface area contributed by atoms with Gasteiger partial charge in [-0.1, -0.05) is 6.07 Å². The summed E-state index contributed by atoms with van der Waals surface area (Å²) in [7, 11) is -3.85. The van der Waals surface area contributed by atoms with Gasteiger partial charge in [0.25, 0.3) is 5.56 Å². The smallest absolute Gasteiger partial charge is 0.261 e. The lowest BCUT2D eigenvalue weighted by atomic mass is 10.2. The molecule has 0 aliphatic carbocycles. The van der Waals surface area contributed by atoms with Crippen LogP contribution in [0.4, 0.5) is 17.5 Å². The maximum atomic E-state index is 12.3. The minimum Gasteiger partial charge on any atom is -0.350 e. The van der Waals surface area contributed by atoms with Crippen LogP contribution in [0.5, 0.6) is 0 Å². The molecule has 1 atom stereocenters. The minimum atomic E-state index is -3.85. The van der Waals surface area contributed by atoms with Crippen LogP contribution in [0.15, 0.2) is 46.2 Å². The molecule has 0 spiro atoms. The number of rotatable bonds is 5. The van der Waals surface area contributed by atoms with E-state index in [0.29, 0.717) is 17.2 Å². The van der Waals surface area contributed by atoms with E-state index in [4.69, 9.17) is 5.14 Å². The van der Waals surface area contributed by atoms with Crippen molar-refractivity contribution in [2.24, 2.45) is 5.14 Å². The lowest BCUT2D eigenvalue weighted by molar-refractivity contribution is 0.598. The van der Waals surface area contributed by atoms with Crippen molar-refractivity contribution in [3.63, 3.8) is 0 Å². The second-order valence-corrected chi connectivity index (χ2v) is 8.06. The number of pyridine rings is 1. The van der Waals surface area contributed by atoms with Gasteiger partial charge in [-0.2, -0.15) is 4.98 Å². The largest absolute Gasteiger partial charge is 0.350 e. The number of nitrogens with two attached hydrogens (primary N) is 1. The van der Waals surface area contributed by atoms with Crippen molar-refractivity contribution < 1.29 is 8.42 Å². The molecular formula is C17H19N7O3S. The number of H-pyrrole nitrogens is 1. The van der Waals surface area contributed by atoms with Crippen molar-refractivity contribution in [3.05, 3.63) is 46.9 Å². The van der Waals surface area contributed by atoms with Crippen LogP contribution in [0.25, 0.3) is 10.9 Å². The van der Waals surface area contributed by atoms with Crippen molar-refractivity contribution in [3.8, 4) is 0 Å². The number of nitrogens with one attached hydrogen (secondary N) is 4. The molecule has 0 radical (unpaired) electrons. The second-order valence-electron chi connectivity index (χ2n) is 6.49. The monoisotopic (exact) mass is 401 g/mol. The van der Waals surface area contributed by atoms with Crippen molar-refractivity contribution in [2.75, 3.05) is 23.7 Å². The molecule has 6 N–H and O–H groups in total. The van der Waals surface area contributed by atoms with Crippen LogP contribution in [0.1, 0.15) is 6.42 Å². The highest BCUT2D eigenvalue weighted by Gasteiger charge is 2.18. The van der Waals surface area contributed by atoms with Gasteiger partial charge in [0, 0.05) is 24.5 Å². The van der Waals surface area contributed by atoms with Gasteiger partial charge in [-0.15, -0.1) is 0 Å². The van der Waals surface area contributed by atoms with Crippen LogP contribution in [-0.4, -0.2) is 42.5 Å². The Bertz CT molecular complexity index is 1190. The molecule has 1 aliphatic rings. The van der Waals surface area contributed by atoms with Gasteiger partial charge in [0.2, 0.25) is 16.0 Å². The number of anilines is 3. The quantitative estimate of drug-likeness (QED) is 0.413. The van der Waals surface area contributed by atoms with E-state index in [0.717, 1.165) is 19.5 Å². The topological polar surface area (TPSA) is 155 Å². The van der Waals surface area contributed by atoms with E-state index in [1.165, 1.54) is 18.3 Å². The maximum Gasteiger partial charge on any atom is 0.261 e. The molecule has 4 rings (SSSR count). The fourth-order valence-corrected chi connectivity index (χ4v) is 3.65. The third-order valence-electron chi connectivity index (χ3n) is 4.44. The minimum absolute atomic E-state index is 0.0415. The number of hydrogen-bond donors (Lipinski definition) is 5. The van der Waals surface area contributed by atoms with Crippen LogP contribution in [0.2, 0.25) is 0 Å². The summed E-state index contributed by atoms with van der Waals surface area (Å²) in [5.41, 5.74) is 0.553. The molecule has 1 aromatic carbocycles. The van der Waals surface area contributed by atoms with Crippen molar-refractivity contribution in [1.82, 2.24) is 20.3 Å². The Hall–Kier alpha value is -3.02. The molecule has 11 heteroatoms. The number of fused-ring (bicyclic) bond motifs is 1. The van der Waals surface area contributed by atoms with Crippen LogP contribution < -0.4 is 26.6 Å². The Morgan fingerprint density at radius 3 is 2.82 bits per heavy atom. The molecule has 0 saturated carbocycles. The van der Waals surface area contributed by atoms with Gasteiger partial charge < -0.3 is 20.9 Å². The van der Waals surface area contributed by atoms with E-state index >= 15 is 0 Å². The first-order valence-corrected chi connectivity index (χ1v) is 10.2. The van der Waals surface area contributed by atoms with Gasteiger partial charge in [-0.25, -0.2) is 18.5 Å². The first kappa shape index (κ1) is 18.3. The fraction of sp³-hybridized carbons (Fsp3) is 0.235.